The van der Waals surface area contributed by atoms with Gasteiger partial charge in [-0.2, -0.15) is 5.10 Å². The molecule has 0 bridgehead atoms. The van der Waals surface area contributed by atoms with E-state index in [0.717, 1.165) is 11.1 Å². The first kappa shape index (κ1) is 24.6. The zero-order valence-corrected chi connectivity index (χ0v) is 20.5. The molecule has 0 radical (unpaired) electrons. The van der Waals surface area contributed by atoms with Gasteiger partial charge in [-0.1, -0.05) is 30.8 Å². The summed E-state index contributed by atoms with van der Waals surface area (Å²) in [6.07, 6.45) is 3.39. The minimum absolute atomic E-state index is 0.151. The van der Waals surface area contributed by atoms with Gasteiger partial charge in [0.2, 0.25) is 5.91 Å². The molecule has 4 rings (SSSR count). The predicted molar refractivity (Wildman–Crippen MR) is 136 cm³/mol. The van der Waals surface area contributed by atoms with Crippen molar-refractivity contribution in [2.45, 2.75) is 31.6 Å². The van der Waals surface area contributed by atoms with Crippen LogP contribution < -0.4 is 16.2 Å². The number of para-hydroxylation sites is 1. The number of carbonyl (C=O) groups excluding carboxylic acids is 1. The van der Waals surface area contributed by atoms with E-state index in [9.17, 15) is 9.59 Å². The van der Waals surface area contributed by atoms with E-state index < -0.39 is 0 Å². The first-order valence-electron chi connectivity index (χ1n) is 11.4. The van der Waals surface area contributed by atoms with E-state index in [1.807, 2.05) is 13.0 Å². The second-order valence-electron chi connectivity index (χ2n) is 7.67. The van der Waals surface area contributed by atoms with Crippen LogP contribution in [-0.2, 0) is 22.6 Å². The average molecular weight is 497 g/mol. The van der Waals surface area contributed by atoms with Crippen molar-refractivity contribution in [3.05, 3.63) is 47.1 Å². The molecular weight excluding hydrogens is 468 g/mol. The minimum Gasteiger partial charge on any atom is -0.383 e. The van der Waals surface area contributed by atoms with Crippen LogP contribution in [0.3, 0.4) is 0 Å². The standard InChI is InChI=1S/C23H28N8O3S/c1-3-35-23-28-20(25-10-13-34-2)17-14-27-31(21(17)29-23)12-9-24-19(32)8-11-30-15-26-18-7-5-4-6-16(18)22(30)33/h4-7,14-15H,3,8-13H2,1-2H3,(H,24,32)(H,25,28,29). The van der Waals surface area contributed by atoms with Crippen LogP contribution in [0.25, 0.3) is 21.9 Å². The van der Waals surface area contributed by atoms with Gasteiger partial charge in [0, 0.05) is 33.2 Å². The zero-order chi connectivity index (χ0) is 24.6. The van der Waals surface area contributed by atoms with Crippen molar-refractivity contribution in [1.29, 1.82) is 0 Å². The molecule has 12 heteroatoms. The van der Waals surface area contributed by atoms with Gasteiger partial charge in [-0.3, -0.25) is 14.2 Å². The number of aryl methyl sites for hydroxylation is 1. The number of anilines is 1. The van der Waals surface area contributed by atoms with Crippen LogP contribution in [0.2, 0.25) is 0 Å². The van der Waals surface area contributed by atoms with Crippen molar-refractivity contribution in [1.82, 2.24) is 34.6 Å². The number of ether oxygens (including phenoxy) is 1. The van der Waals surface area contributed by atoms with Crippen molar-refractivity contribution in [2.75, 3.05) is 37.9 Å². The molecule has 0 aliphatic rings. The van der Waals surface area contributed by atoms with E-state index in [4.69, 9.17) is 4.74 Å². The molecule has 2 N–H and O–H groups in total. The maximum atomic E-state index is 12.6. The molecule has 184 valence electrons. The van der Waals surface area contributed by atoms with Gasteiger partial charge in [0.15, 0.2) is 10.8 Å². The Morgan fingerprint density at radius 1 is 1.14 bits per heavy atom. The number of methoxy groups -OCH3 is 1. The molecule has 3 heterocycles. The van der Waals surface area contributed by atoms with Crippen LogP contribution in [0.4, 0.5) is 5.82 Å². The van der Waals surface area contributed by atoms with Gasteiger partial charge in [-0.25, -0.2) is 19.6 Å². The van der Waals surface area contributed by atoms with E-state index in [0.29, 0.717) is 53.8 Å². The Labute approximate surface area is 206 Å². The van der Waals surface area contributed by atoms with Gasteiger partial charge < -0.3 is 15.4 Å². The molecule has 3 aromatic heterocycles. The average Bonchev–Trinajstić information content (AvgIpc) is 3.27. The largest absolute Gasteiger partial charge is 0.383 e. The lowest BCUT2D eigenvalue weighted by Gasteiger charge is -2.10. The highest BCUT2D eigenvalue weighted by Gasteiger charge is 2.13. The minimum atomic E-state index is -0.153. The summed E-state index contributed by atoms with van der Waals surface area (Å²) in [6, 6.07) is 7.17. The quantitative estimate of drug-likeness (QED) is 0.172. The van der Waals surface area contributed by atoms with Crippen molar-refractivity contribution < 1.29 is 9.53 Å². The van der Waals surface area contributed by atoms with E-state index in [1.165, 1.54) is 10.9 Å². The van der Waals surface area contributed by atoms with Crippen LogP contribution in [0, 0.1) is 0 Å². The fourth-order valence-electron chi connectivity index (χ4n) is 3.58. The summed E-state index contributed by atoms with van der Waals surface area (Å²) in [4.78, 5) is 38.5. The molecule has 0 atom stereocenters. The fourth-order valence-corrected chi connectivity index (χ4v) is 4.14. The summed E-state index contributed by atoms with van der Waals surface area (Å²) < 4.78 is 8.34. The van der Waals surface area contributed by atoms with Crippen molar-refractivity contribution in [3.8, 4) is 0 Å². The molecule has 0 spiro atoms. The monoisotopic (exact) mass is 496 g/mol. The summed E-state index contributed by atoms with van der Waals surface area (Å²) >= 11 is 1.55. The molecule has 1 aromatic carbocycles. The third-order valence-electron chi connectivity index (χ3n) is 5.30. The summed E-state index contributed by atoms with van der Waals surface area (Å²) in [5.74, 6) is 1.41. The van der Waals surface area contributed by atoms with Crippen LogP contribution in [0.15, 0.2) is 46.7 Å². The molecule has 0 saturated heterocycles. The fraction of sp³-hybridized carbons (Fsp3) is 0.391. The first-order valence-corrected chi connectivity index (χ1v) is 12.4. The van der Waals surface area contributed by atoms with Crippen LogP contribution in [-0.4, -0.2) is 67.8 Å². The number of fused-ring (bicyclic) bond motifs is 2. The lowest BCUT2D eigenvalue weighted by Crippen LogP contribution is -2.30. The lowest BCUT2D eigenvalue weighted by atomic mass is 10.2. The Kier molecular flexibility index (Phi) is 8.27. The molecule has 0 fully saturated rings. The highest BCUT2D eigenvalue weighted by atomic mass is 32.2. The molecule has 0 saturated carbocycles. The number of carbonyl (C=O) groups is 1. The maximum absolute atomic E-state index is 12.6. The molecule has 1 amide bonds. The van der Waals surface area contributed by atoms with Gasteiger partial charge in [-0.05, 0) is 17.9 Å². The van der Waals surface area contributed by atoms with Crippen molar-refractivity contribution in [3.63, 3.8) is 0 Å². The first-order chi connectivity index (χ1) is 17.1. The highest BCUT2D eigenvalue weighted by Crippen LogP contribution is 2.24. The topological polar surface area (TPSA) is 129 Å². The van der Waals surface area contributed by atoms with Crippen LogP contribution >= 0.6 is 11.8 Å². The molecular formula is C23H28N8O3S. The Morgan fingerprint density at radius 2 is 2.00 bits per heavy atom. The normalized spacial score (nSPS) is 11.3. The number of hydrogen-bond donors (Lipinski definition) is 2. The number of benzene rings is 1. The third-order valence-corrected chi connectivity index (χ3v) is 6.03. The number of nitrogens with one attached hydrogen (secondary N) is 2. The maximum Gasteiger partial charge on any atom is 0.261 e. The van der Waals surface area contributed by atoms with E-state index >= 15 is 0 Å². The number of hydrogen-bond acceptors (Lipinski definition) is 9. The van der Waals surface area contributed by atoms with Gasteiger partial charge in [-0.15, -0.1) is 0 Å². The third kappa shape index (κ3) is 5.95. The zero-order valence-electron chi connectivity index (χ0n) is 19.7. The second kappa shape index (κ2) is 11.8. The molecule has 0 aliphatic heterocycles. The van der Waals surface area contributed by atoms with Gasteiger partial charge >= 0.3 is 0 Å². The summed E-state index contributed by atoms with van der Waals surface area (Å²) in [5.41, 5.74) is 1.20. The van der Waals surface area contributed by atoms with E-state index in [1.54, 1.807) is 47.9 Å². The number of rotatable bonds is 12. The number of thioether (sulfide) groups is 1. The van der Waals surface area contributed by atoms with E-state index in [2.05, 4.69) is 30.7 Å². The molecule has 0 aliphatic carbocycles. The number of aromatic nitrogens is 6. The summed E-state index contributed by atoms with van der Waals surface area (Å²) in [7, 11) is 1.65. The Bertz CT molecular complexity index is 1370. The Hall–Kier alpha value is -3.51. The summed E-state index contributed by atoms with van der Waals surface area (Å²) in [5, 5.41) is 12.6. The Balaban J connectivity index is 1.36. The molecule has 11 nitrogen and oxygen atoms in total. The van der Waals surface area contributed by atoms with Crippen molar-refractivity contribution >= 4 is 45.4 Å². The van der Waals surface area contributed by atoms with Crippen LogP contribution in [0.5, 0.6) is 0 Å². The predicted octanol–water partition coefficient (Wildman–Crippen LogP) is 1.91. The van der Waals surface area contributed by atoms with E-state index in [-0.39, 0.29) is 24.4 Å². The lowest BCUT2D eigenvalue weighted by molar-refractivity contribution is -0.121. The molecule has 35 heavy (non-hydrogen) atoms. The van der Waals surface area contributed by atoms with Gasteiger partial charge in [0.1, 0.15) is 5.82 Å². The smallest absolute Gasteiger partial charge is 0.261 e. The van der Waals surface area contributed by atoms with Gasteiger partial charge in [0.25, 0.3) is 5.56 Å². The molecule has 4 aromatic rings. The Morgan fingerprint density at radius 3 is 2.83 bits per heavy atom. The highest BCUT2D eigenvalue weighted by molar-refractivity contribution is 7.99. The van der Waals surface area contributed by atoms with Crippen molar-refractivity contribution in [2.24, 2.45) is 0 Å². The number of amides is 1. The second-order valence-corrected chi connectivity index (χ2v) is 8.90. The van der Waals surface area contributed by atoms with Crippen LogP contribution in [0.1, 0.15) is 13.3 Å². The SMILES string of the molecule is CCSc1nc(NCCOC)c2cnn(CCNC(=O)CCn3cnc4ccccc4c3=O)c2n1. The summed E-state index contributed by atoms with van der Waals surface area (Å²) in [6.45, 7) is 4.32. The van der Waals surface area contributed by atoms with Gasteiger partial charge in [0.05, 0.1) is 42.0 Å². The molecule has 0 unspecified atom stereocenters. The number of nitrogens with zero attached hydrogens (tertiary/aromatic N) is 6.